The maximum atomic E-state index is 13.4. The lowest BCUT2D eigenvalue weighted by atomic mass is 10.0. The molecule has 0 fully saturated rings. The molecule has 0 spiro atoms. The van der Waals surface area contributed by atoms with E-state index in [1.54, 1.807) is 30.3 Å². The number of nitrogens with two attached hydrogens (primary N) is 1. The summed E-state index contributed by atoms with van der Waals surface area (Å²) in [5.41, 5.74) is 7.92. The Morgan fingerprint density at radius 2 is 1.59 bits per heavy atom. The first-order valence-corrected chi connectivity index (χ1v) is 9.48. The summed E-state index contributed by atoms with van der Waals surface area (Å²) >= 11 is 3.38. The molecule has 2 N–H and O–H groups in total. The van der Waals surface area contributed by atoms with Gasteiger partial charge in [-0.2, -0.15) is 0 Å². The molecule has 2 heterocycles. The average molecular weight is 458 g/mol. The van der Waals surface area contributed by atoms with E-state index in [1.807, 2.05) is 0 Å². The third kappa shape index (κ3) is 3.56. The lowest BCUT2D eigenvalue weighted by Crippen LogP contribution is -2.29. The number of anilines is 1. The number of nitrogens with zero attached hydrogens (tertiary/aromatic N) is 2. The molecular weight excluding hydrogens is 444 g/mol. The van der Waals surface area contributed by atoms with Crippen LogP contribution in [0.1, 0.15) is 38.0 Å². The molecule has 2 amide bonds. The van der Waals surface area contributed by atoms with Crippen molar-refractivity contribution in [2.75, 3.05) is 4.90 Å². The molecule has 0 bridgehead atoms. The molecule has 1 aliphatic rings. The number of halogens is 3. The monoisotopic (exact) mass is 457 g/mol. The van der Waals surface area contributed by atoms with E-state index in [2.05, 4.69) is 20.9 Å². The number of hydrogen-bond acceptors (Lipinski definition) is 4. The fraction of sp³-hybridized carbons (Fsp3) is 0.0952. The summed E-state index contributed by atoms with van der Waals surface area (Å²) in [5, 5.41) is 0. The third-order valence-electron chi connectivity index (χ3n) is 4.68. The predicted molar refractivity (Wildman–Crippen MR) is 107 cm³/mol. The molecule has 1 unspecified atom stereocenters. The Morgan fingerprint density at radius 3 is 2.14 bits per heavy atom. The number of aromatic nitrogens is 1. The summed E-state index contributed by atoms with van der Waals surface area (Å²) in [4.78, 5) is 30.6. The number of imide groups is 1. The zero-order valence-corrected chi connectivity index (χ0v) is 16.5. The molecule has 1 aromatic heterocycles. The number of fused-ring (bicyclic) bond motifs is 1. The molecular formula is C21H14BrF2N3O2. The highest BCUT2D eigenvalue weighted by Crippen LogP contribution is 2.31. The van der Waals surface area contributed by atoms with E-state index in [0.29, 0.717) is 32.5 Å². The van der Waals surface area contributed by atoms with E-state index >= 15 is 0 Å². The molecule has 3 aromatic rings. The van der Waals surface area contributed by atoms with Crippen molar-refractivity contribution < 1.29 is 18.4 Å². The van der Waals surface area contributed by atoms with Crippen LogP contribution in [0.25, 0.3) is 0 Å². The summed E-state index contributed by atoms with van der Waals surface area (Å²) in [6.07, 6.45) is 1.60. The van der Waals surface area contributed by atoms with Gasteiger partial charge in [-0.3, -0.25) is 14.6 Å². The quantitative estimate of drug-likeness (QED) is 0.596. The minimum Gasteiger partial charge on any atom is -0.324 e. The van der Waals surface area contributed by atoms with Crippen molar-refractivity contribution in [2.45, 2.75) is 12.5 Å². The van der Waals surface area contributed by atoms with Gasteiger partial charge in [-0.05, 0) is 51.8 Å². The lowest BCUT2D eigenvalue weighted by molar-refractivity contribution is 0.0926. The summed E-state index contributed by atoms with van der Waals surface area (Å²) < 4.78 is 27.4. The molecule has 1 aliphatic heterocycles. The minimum atomic E-state index is -0.705. The van der Waals surface area contributed by atoms with Gasteiger partial charge in [-0.1, -0.05) is 12.1 Å². The molecule has 29 heavy (non-hydrogen) atoms. The van der Waals surface area contributed by atoms with E-state index in [-0.39, 0.29) is 6.42 Å². The molecule has 0 saturated carbocycles. The largest absolute Gasteiger partial charge is 0.324 e. The van der Waals surface area contributed by atoms with Crippen molar-refractivity contribution >= 4 is 33.4 Å². The summed E-state index contributed by atoms with van der Waals surface area (Å²) in [6, 6.07) is 10.6. The van der Waals surface area contributed by atoms with Crippen LogP contribution in [-0.2, 0) is 6.42 Å². The van der Waals surface area contributed by atoms with Gasteiger partial charge in [0.1, 0.15) is 11.6 Å². The molecule has 2 aromatic carbocycles. The highest BCUT2D eigenvalue weighted by Gasteiger charge is 2.36. The highest BCUT2D eigenvalue weighted by atomic mass is 79.9. The van der Waals surface area contributed by atoms with Crippen molar-refractivity contribution in [3.8, 4) is 0 Å². The Hall–Kier alpha value is -2.97. The number of rotatable bonds is 4. The van der Waals surface area contributed by atoms with Crippen molar-refractivity contribution in [1.82, 2.24) is 4.98 Å². The normalized spacial score (nSPS) is 14.3. The van der Waals surface area contributed by atoms with Crippen molar-refractivity contribution in [3.63, 3.8) is 0 Å². The van der Waals surface area contributed by atoms with Gasteiger partial charge in [0.25, 0.3) is 11.8 Å². The van der Waals surface area contributed by atoms with Crippen molar-refractivity contribution in [1.29, 1.82) is 0 Å². The first-order chi connectivity index (χ1) is 13.8. The second-order valence-electron chi connectivity index (χ2n) is 6.63. The third-order valence-corrected chi connectivity index (χ3v) is 5.37. The Bertz CT molecular complexity index is 1100. The number of hydrogen-bond donors (Lipinski definition) is 1. The van der Waals surface area contributed by atoms with Gasteiger partial charge in [-0.25, -0.2) is 13.7 Å². The minimum absolute atomic E-state index is 0.200. The summed E-state index contributed by atoms with van der Waals surface area (Å²) in [5.74, 6) is -2.25. The van der Waals surface area contributed by atoms with E-state index in [1.165, 1.54) is 18.3 Å². The number of benzene rings is 2. The van der Waals surface area contributed by atoms with Crippen LogP contribution in [0.2, 0.25) is 0 Å². The number of carbonyl (C=O) groups excluding carboxylic acids is 2. The Kier molecular flexibility index (Phi) is 4.97. The summed E-state index contributed by atoms with van der Waals surface area (Å²) in [7, 11) is 0. The van der Waals surface area contributed by atoms with E-state index in [0.717, 1.165) is 11.0 Å². The van der Waals surface area contributed by atoms with Crippen LogP contribution in [0.4, 0.5) is 14.5 Å². The van der Waals surface area contributed by atoms with Crippen molar-refractivity contribution in [3.05, 3.63) is 93.2 Å². The second-order valence-corrected chi connectivity index (χ2v) is 7.48. The average Bonchev–Trinajstić information content (AvgIpc) is 2.93. The van der Waals surface area contributed by atoms with Crippen LogP contribution in [0.5, 0.6) is 0 Å². The van der Waals surface area contributed by atoms with Crippen LogP contribution < -0.4 is 10.6 Å². The molecule has 8 heteroatoms. The van der Waals surface area contributed by atoms with E-state index < -0.39 is 29.5 Å². The van der Waals surface area contributed by atoms with Crippen LogP contribution in [0.3, 0.4) is 0 Å². The topological polar surface area (TPSA) is 76.3 Å². The van der Waals surface area contributed by atoms with Crippen LogP contribution in [-0.4, -0.2) is 16.8 Å². The van der Waals surface area contributed by atoms with Gasteiger partial charge in [0, 0.05) is 23.0 Å². The van der Waals surface area contributed by atoms with Gasteiger partial charge in [-0.15, -0.1) is 0 Å². The number of carbonyl (C=O) groups is 2. The maximum Gasteiger partial charge on any atom is 0.266 e. The van der Waals surface area contributed by atoms with Gasteiger partial charge in [0.2, 0.25) is 0 Å². The van der Waals surface area contributed by atoms with E-state index in [4.69, 9.17) is 5.73 Å². The Morgan fingerprint density at radius 1 is 1.00 bits per heavy atom. The standard InChI is InChI=1S/C21H14BrF2N3O2/c22-17-8-14(27-20(28)15-3-1-2-4-16(15)21(27)29)10-26-19(17)9-18(25)11-5-12(23)7-13(24)6-11/h1-8,10,18H,9,25H2. The van der Waals surface area contributed by atoms with Gasteiger partial charge >= 0.3 is 0 Å². The number of amides is 2. The van der Waals surface area contributed by atoms with Gasteiger partial charge in [0.15, 0.2) is 0 Å². The Labute approximate surface area is 173 Å². The first-order valence-electron chi connectivity index (χ1n) is 8.69. The molecule has 0 radical (unpaired) electrons. The SMILES string of the molecule is NC(Cc1ncc(N2C(=O)c3ccccc3C2=O)cc1Br)c1cc(F)cc(F)c1. The lowest BCUT2D eigenvalue weighted by Gasteiger charge is -2.17. The molecule has 0 aliphatic carbocycles. The molecule has 0 saturated heterocycles. The van der Waals surface area contributed by atoms with Crippen molar-refractivity contribution in [2.24, 2.45) is 5.73 Å². The molecule has 4 rings (SSSR count). The van der Waals surface area contributed by atoms with Crippen LogP contribution in [0, 0.1) is 11.6 Å². The molecule has 146 valence electrons. The zero-order chi connectivity index (χ0) is 20.7. The molecule has 1 atom stereocenters. The first kappa shape index (κ1) is 19.4. The highest BCUT2D eigenvalue weighted by molar-refractivity contribution is 9.10. The zero-order valence-electron chi connectivity index (χ0n) is 14.9. The summed E-state index contributed by atoms with van der Waals surface area (Å²) in [6.45, 7) is 0. The van der Waals surface area contributed by atoms with Gasteiger partial charge < -0.3 is 5.73 Å². The fourth-order valence-corrected chi connectivity index (χ4v) is 3.77. The maximum absolute atomic E-state index is 13.4. The second kappa shape index (κ2) is 7.46. The fourth-order valence-electron chi connectivity index (χ4n) is 3.27. The predicted octanol–water partition coefficient (Wildman–Crippen LogP) is 4.17. The van der Waals surface area contributed by atoms with Crippen LogP contribution in [0.15, 0.2) is 59.2 Å². The van der Waals surface area contributed by atoms with E-state index in [9.17, 15) is 18.4 Å². The van der Waals surface area contributed by atoms with Crippen LogP contribution >= 0.6 is 15.9 Å². The Balaban J connectivity index is 1.59. The van der Waals surface area contributed by atoms with Gasteiger partial charge in [0.05, 0.1) is 28.7 Å². The molecule has 5 nitrogen and oxygen atoms in total. The number of pyridine rings is 1. The smallest absolute Gasteiger partial charge is 0.266 e.